The predicted octanol–water partition coefficient (Wildman–Crippen LogP) is 5.05. The summed E-state index contributed by atoms with van der Waals surface area (Å²) in [6, 6.07) is 13.4. The minimum atomic E-state index is 0.569. The Hall–Kier alpha value is -1.26. The zero-order chi connectivity index (χ0) is 16.8. The molecule has 0 N–H and O–H groups in total. The molecule has 0 spiro atoms. The Balaban J connectivity index is 1.55. The molecule has 2 aromatic rings. The highest BCUT2D eigenvalue weighted by Gasteiger charge is 2.09. The largest absolute Gasteiger partial charge is 0.457 e. The van der Waals surface area contributed by atoms with Gasteiger partial charge in [-0.3, -0.25) is 4.90 Å². The van der Waals surface area contributed by atoms with Gasteiger partial charge in [-0.2, -0.15) is 0 Å². The summed E-state index contributed by atoms with van der Waals surface area (Å²) in [6.07, 6.45) is 2.16. The first-order valence-electron chi connectivity index (χ1n) is 8.22. The van der Waals surface area contributed by atoms with Crippen LogP contribution in [-0.2, 0) is 11.2 Å². The van der Waals surface area contributed by atoms with Crippen LogP contribution in [-0.4, -0.2) is 37.7 Å². The van der Waals surface area contributed by atoms with E-state index in [-0.39, 0.29) is 0 Å². The second-order valence-corrected chi connectivity index (χ2v) is 6.79. The van der Waals surface area contributed by atoms with Gasteiger partial charge in [0.1, 0.15) is 11.5 Å². The van der Waals surface area contributed by atoms with Gasteiger partial charge in [-0.1, -0.05) is 35.3 Å². The Kier molecular flexibility index (Phi) is 6.38. The zero-order valence-corrected chi connectivity index (χ0v) is 15.0. The first-order valence-corrected chi connectivity index (χ1v) is 8.98. The van der Waals surface area contributed by atoms with Crippen molar-refractivity contribution in [1.29, 1.82) is 0 Å². The van der Waals surface area contributed by atoms with E-state index in [1.54, 1.807) is 18.2 Å². The lowest BCUT2D eigenvalue weighted by atomic mass is 10.1. The third-order valence-electron chi connectivity index (χ3n) is 4.01. The molecule has 1 aliphatic rings. The molecular weight excluding hydrogens is 345 g/mol. The van der Waals surface area contributed by atoms with Crippen LogP contribution in [0.2, 0.25) is 10.0 Å². The van der Waals surface area contributed by atoms with Crippen molar-refractivity contribution in [3.63, 3.8) is 0 Å². The van der Waals surface area contributed by atoms with E-state index in [1.165, 1.54) is 5.56 Å². The molecule has 1 fully saturated rings. The molecule has 2 aromatic carbocycles. The van der Waals surface area contributed by atoms with Gasteiger partial charge in [-0.25, -0.2) is 0 Å². The highest BCUT2D eigenvalue weighted by molar-refractivity contribution is 6.34. The van der Waals surface area contributed by atoms with Crippen LogP contribution in [0.3, 0.4) is 0 Å². The molecule has 24 heavy (non-hydrogen) atoms. The molecule has 0 bridgehead atoms. The first kappa shape index (κ1) is 17.6. The normalized spacial score (nSPS) is 15.4. The Labute approximate surface area is 153 Å². The summed E-state index contributed by atoms with van der Waals surface area (Å²) in [5.41, 5.74) is 1.27. The van der Waals surface area contributed by atoms with Crippen molar-refractivity contribution < 1.29 is 9.47 Å². The van der Waals surface area contributed by atoms with Gasteiger partial charge >= 0.3 is 0 Å². The molecule has 0 atom stereocenters. The van der Waals surface area contributed by atoms with Crippen molar-refractivity contribution in [2.45, 2.75) is 12.8 Å². The molecule has 3 nitrogen and oxygen atoms in total. The number of hydrogen-bond donors (Lipinski definition) is 0. The van der Waals surface area contributed by atoms with Gasteiger partial charge in [0.15, 0.2) is 0 Å². The number of hydrogen-bond acceptors (Lipinski definition) is 3. The molecule has 1 heterocycles. The molecule has 0 amide bonds. The monoisotopic (exact) mass is 365 g/mol. The minimum Gasteiger partial charge on any atom is -0.457 e. The molecule has 0 aliphatic carbocycles. The van der Waals surface area contributed by atoms with Crippen molar-refractivity contribution in [3.05, 3.63) is 58.1 Å². The molecule has 1 aliphatic heterocycles. The van der Waals surface area contributed by atoms with Gasteiger partial charge in [0.05, 0.1) is 13.2 Å². The first-order chi connectivity index (χ1) is 11.7. The van der Waals surface area contributed by atoms with Crippen LogP contribution in [0.4, 0.5) is 0 Å². The van der Waals surface area contributed by atoms with Gasteiger partial charge in [0.25, 0.3) is 0 Å². The highest BCUT2D eigenvalue weighted by Crippen LogP contribution is 2.28. The lowest BCUT2D eigenvalue weighted by Crippen LogP contribution is -2.36. The van der Waals surface area contributed by atoms with Gasteiger partial charge in [-0.15, -0.1) is 0 Å². The van der Waals surface area contributed by atoms with E-state index >= 15 is 0 Å². The summed E-state index contributed by atoms with van der Waals surface area (Å²) in [4.78, 5) is 2.46. The van der Waals surface area contributed by atoms with E-state index in [1.807, 2.05) is 12.1 Å². The van der Waals surface area contributed by atoms with Gasteiger partial charge in [0.2, 0.25) is 0 Å². The topological polar surface area (TPSA) is 21.7 Å². The van der Waals surface area contributed by atoms with Gasteiger partial charge < -0.3 is 9.47 Å². The third kappa shape index (κ3) is 5.38. The van der Waals surface area contributed by atoms with Gasteiger partial charge in [-0.05, 0) is 55.3 Å². The second kappa shape index (κ2) is 8.72. The maximum Gasteiger partial charge on any atom is 0.130 e. The zero-order valence-electron chi connectivity index (χ0n) is 13.5. The third-order valence-corrected chi connectivity index (χ3v) is 4.45. The smallest absolute Gasteiger partial charge is 0.130 e. The fourth-order valence-corrected chi connectivity index (χ4v) is 3.33. The molecule has 0 unspecified atom stereocenters. The van der Waals surface area contributed by atoms with Crippen molar-refractivity contribution in [2.24, 2.45) is 0 Å². The lowest BCUT2D eigenvalue weighted by Gasteiger charge is -2.26. The summed E-state index contributed by atoms with van der Waals surface area (Å²) in [5.74, 6) is 1.45. The van der Waals surface area contributed by atoms with E-state index in [0.717, 1.165) is 51.4 Å². The van der Waals surface area contributed by atoms with Crippen LogP contribution in [0.15, 0.2) is 42.5 Å². The average Bonchev–Trinajstić information content (AvgIpc) is 2.55. The van der Waals surface area contributed by atoms with Crippen LogP contribution in [0, 0.1) is 0 Å². The summed E-state index contributed by atoms with van der Waals surface area (Å²) in [5, 5.41) is 1.14. The molecule has 1 saturated heterocycles. The standard InChI is InChI=1S/C19H21Cl2NO2/c20-16-12-17(21)14-19(13-16)24-18-5-1-3-15(11-18)4-2-6-22-7-9-23-10-8-22/h1,3,5,11-14H,2,4,6-10H2. The SMILES string of the molecule is Clc1cc(Cl)cc(Oc2cccc(CCCN3CCOCC3)c2)c1. The van der Waals surface area contributed by atoms with E-state index in [2.05, 4.69) is 17.0 Å². The fourth-order valence-electron chi connectivity index (χ4n) is 2.82. The van der Waals surface area contributed by atoms with Crippen LogP contribution in [0.5, 0.6) is 11.5 Å². The number of rotatable bonds is 6. The maximum atomic E-state index is 6.01. The molecule has 0 radical (unpaired) electrons. The van der Waals surface area contributed by atoms with E-state index in [4.69, 9.17) is 32.7 Å². The Morgan fingerprint density at radius 2 is 1.71 bits per heavy atom. The number of nitrogens with zero attached hydrogens (tertiary/aromatic N) is 1. The summed E-state index contributed by atoms with van der Waals surface area (Å²) in [6.45, 7) is 4.90. The number of ether oxygens (including phenoxy) is 2. The van der Waals surface area contributed by atoms with Crippen LogP contribution >= 0.6 is 23.2 Å². The fraction of sp³-hybridized carbons (Fsp3) is 0.368. The van der Waals surface area contributed by atoms with Crippen molar-refractivity contribution in [1.82, 2.24) is 4.90 Å². The van der Waals surface area contributed by atoms with Crippen molar-refractivity contribution in [2.75, 3.05) is 32.8 Å². The van der Waals surface area contributed by atoms with Crippen molar-refractivity contribution in [3.8, 4) is 11.5 Å². The predicted molar refractivity (Wildman–Crippen MR) is 98.6 cm³/mol. The summed E-state index contributed by atoms with van der Waals surface area (Å²) < 4.78 is 11.3. The quantitative estimate of drug-likeness (QED) is 0.714. The maximum absolute atomic E-state index is 6.01. The van der Waals surface area contributed by atoms with Crippen LogP contribution in [0.1, 0.15) is 12.0 Å². The van der Waals surface area contributed by atoms with Crippen LogP contribution < -0.4 is 4.74 Å². The summed E-state index contributed by atoms with van der Waals surface area (Å²) >= 11 is 12.0. The second-order valence-electron chi connectivity index (χ2n) is 5.91. The molecule has 0 aromatic heterocycles. The Bertz CT molecular complexity index is 652. The number of benzene rings is 2. The highest BCUT2D eigenvalue weighted by atomic mass is 35.5. The molecule has 3 rings (SSSR count). The minimum absolute atomic E-state index is 0.569. The van der Waals surface area contributed by atoms with E-state index < -0.39 is 0 Å². The molecule has 0 saturated carbocycles. The lowest BCUT2D eigenvalue weighted by molar-refractivity contribution is 0.0375. The number of halogens is 2. The molecule has 128 valence electrons. The molecular formula is C19H21Cl2NO2. The average molecular weight is 366 g/mol. The number of aryl methyl sites for hydroxylation is 1. The Morgan fingerprint density at radius 1 is 0.958 bits per heavy atom. The summed E-state index contributed by atoms with van der Waals surface area (Å²) in [7, 11) is 0. The van der Waals surface area contributed by atoms with E-state index in [0.29, 0.717) is 15.8 Å². The van der Waals surface area contributed by atoms with Crippen LogP contribution in [0.25, 0.3) is 0 Å². The molecule has 5 heteroatoms. The number of morpholine rings is 1. The van der Waals surface area contributed by atoms with E-state index in [9.17, 15) is 0 Å². The van der Waals surface area contributed by atoms with Crippen molar-refractivity contribution >= 4 is 23.2 Å². The Morgan fingerprint density at radius 3 is 2.46 bits per heavy atom. The van der Waals surface area contributed by atoms with Gasteiger partial charge in [0, 0.05) is 23.1 Å².